The molecule has 0 amide bonds. The third-order valence-corrected chi connectivity index (χ3v) is 3.93. The molecule has 6 heteroatoms. The van der Waals surface area contributed by atoms with Crippen LogP contribution < -0.4 is 5.73 Å². The molecule has 0 spiro atoms. The molecule has 0 saturated carbocycles. The first kappa shape index (κ1) is 10.5. The van der Waals surface area contributed by atoms with Crippen molar-refractivity contribution in [3.05, 3.63) is 36.4 Å². The third kappa shape index (κ3) is 2.22. The van der Waals surface area contributed by atoms with Gasteiger partial charge in [-0.2, -0.15) is 0 Å². The van der Waals surface area contributed by atoms with Crippen LogP contribution in [0, 0.1) is 0 Å². The first-order valence-electron chi connectivity index (χ1n) is 4.94. The van der Waals surface area contributed by atoms with E-state index >= 15 is 0 Å². The number of nitrogens with two attached hydrogens (primary N) is 1. The minimum Gasteiger partial charge on any atom is -0.374 e. The molecule has 4 nitrogen and oxygen atoms in total. The van der Waals surface area contributed by atoms with Crippen LogP contribution in [0.25, 0.3) is 10.9 Å². The summed E-state index contributed by atoms with van der Waals surface area (Å²) in [6.45, 7) is 0. The predicted molar refractivity (Wildman–Crippen MR) is 70.2 cm³/mol. The number of nitrogen functional groups attached to an aromatic ring is 1. The molecule has 0 fully saturated rings. The number of rotatable bonds is 2. The Bertz CT molecular complexity index is 665. The lowest BCUT2D eigenvalue weighted by molar-refractivity contribution is 1.01. The van der Waals surface area contributed by atoms with Crippen LogP contribution in [-0.2, 0) is 0 Å². The second-order valence-electron chi connectivity index (χ2n) is 3.35. The van der Waals surface area contributed by atoms with E-state index in [1.807, 2.05) is 30.3 Å². The minimum absolute atomic E-state index is 0.480. The fourth-order valence-corrected chi connectivity index (χ4v) is 3.02. The number of hydrogen-bond acceptors (Lipinski definition) is 6. The Kier molecular flexibility index (Phi) is 2.66. The largest absolute Gasteiger partial charge is 0.374 e. The number of nitrogens with zero attached hydrogens (tertiary/aromatic N) is 3. The summed E-state index contributed by atoms with van der Waals surface area (Å²) < 4.78 is 0.810. The molecule has 0 saturated heterocycles. The van der Waals surface area contributed by atoms with E-state index in [-0.39, 0.29) is 0 Å². The number of benzene rings is 1. The van der Waals surface area contributed by atoms with Gasteiger partial charge >= 0.3 is 0 Å². The van der Waals surface area contributed by atoms with E-state index in [9.17, 15) is 0 Å². The molecule has 2 heterocycles. The van der Waals surface area contributed by atoms with Crippen LogP contribution in [0.1, 0.15) is 0 Å². The molecule has 0 aliphatic heterocycles. The fraction of sp³-hybridized carbons (Fsp3) is 0. The molecule has 0 aliphatic rings. The van der Waals surface area contributed by atoms with Crippen LogP contribution in [0.2, 0.25) is 0 Å². The van der Waals surface area contributed by atoms with Crippen molar-refractivity contribution in [2.75, 3.05) is 5.73 Å². The van der Waals surface area contributed by atoms with Crippen molar-refractivity contribution in [3.8, 4) is 0 Å². The number of anilines is 1. The maximum Gasteiger partial charge on any atom is 0.203 e. The molecule has 3 aromatic rings. The first-order valence-corrected chi connectivity index (χ1v) is 6.57. The second-order valence-corrected chi connectivity index (χ2v) is 5.63. The highest BCUT2D eigenvalue weighted by Gasteiger charge is 2.05. The third-order valence-electron chi connectivity index (χ3n) is 2.19. The van der Waals surface area contributed by atoms with Crippen molar-refractivity contribution in [3.63, 3.8) is 0 Å². The molecule has 84 valence electrons. The van der Waals surface area contributed by atoms with Crippen LogP contribution in [0.5, 0.6) is 0 Å². The SMILES string of the molecule is Nc1nnc(Sc2ccc3ccccc3n2)s1. The number of aromatic nitrogens is 3. The zero-order valence-electron chi connectivity index (χ0n) is 8.70. The van der Waals surface area contributed by atoms with Crippen molar-refractivity contribution in [2.24, 2.45) is 0 Å². The van der Waals surface area contributed by atoms with Gasteiger partial charge < -0.3 is 5.73 Å². The summed E-state index contributed by atoms with van der Waals surface area (Å²) in [5.74, 6) is 0. The molecule has 0 atom stereocenters. The summed E-state index contributed by atoms with van der Waals surface area (Å²) in [6, 6.07) is 12.0. The molecule has 0 bridgehead atoms. The Labute approximate surface area is 106 Å². The van der Waals surface area contributed by atoms with E-state index in [1.54, 1.807) is 0 Å². The lowest BCUT2D eigenvalue weighted by atomic mass is 10.2. The summed E-state index contributed by atoms with van der Waals surface area (Å²) in [4.78, 5) is 4.54. The summed E-state index contributed by atoms with van der Waals surface area (Å²) in [5.41, 5.74) is 6.52. The molecule has 2 aromatic heterocycles. The molecular weight excluding hydrogens is 252 g/mol. The quantitative estimate of drug-likeness (QED) is 0.767. The Hall–Kier alpha value is -1.66. The lowest BCUT2D eigenvalue weighted by Crippen LogP contribution is -1.82. The average Bonchev–Trinajstić information content (AvgIpc) is 2.75. The Morgan fingerprint density at radius 3 is 2.76 bits per heavy atom. The molecule has 1 aromatic carbocycles. The number of hydrogen-bond donors (Lipinski definition) is 1. The summed E-state index contributed by atoms with van der Waals surface area (Å²) in [6.07, 6.45) is 0. The van der Waals surface area contributed by atoms with Gasteiger partial charge in [0, 0.05) is 5.39 Å². The Morgan fingerprint density at radius 1 is 1.06 bits per heavy atom. The van der Waals surface area contributed by atoms with E-state index in [2.05, 4.69) is 21.2 Å². The van der Waals surface area contributed by atoms with Gasteiger partial charge in [0.25, 0.3) is 0 Å². The topological polar surface area (TPSA) is 64.7 Å². The highest BCUT2D eigenvalue weighted by molar-refractivity contribution is 8.01. The Balaban J connectivity index is 1.95. The van der Waals surface area contributed by atoms with Gasteiger partial charge in [-0.1, -0.05) is 35.6 Å². The van der Waals surface area contributed by atoms with Crippen molar-refractivity contribution in [1.29, 1.82) is 0 Å². The van der Waals surface area contributed by atoms with Crippen molar-refractivity contribution < 1.29 is 0 Å². The van der Waals surface area contributed by atoms with Crippen LogP contribution in [0.15, 0.2) is 45.8 Å². The van der Waals surface area contributed by atoms with Crippen molar-refractivity contribution in [2.45, 2.75) is 9.37 Å². The number of pyridine rings is 1. The van der Waals surface area contributed by atoms with Crippen LogP contribution >= 0.6 is 23.1 Å². The van der Waals surface area contributed by atoms with Gasteiger partial charge in [0.2, 0.25) is 5.13 Å². The Morgan fingerprint density at radius 2 is 1.94 bits per heavy atom. The molecule has 3 rings (SSSR count). The molecular formula is C11H8N4S2. The predicted octanol–water partition coefficient (Wildman–Crippen LogP) is 2.82. The fourth-order valence-electron chi connectivity index (χ4n) is 1.46. The molecule has 0 radical (unpaired) electrons. The van der Waals surface area contributed by atoms with E-state index in [0.29, 0.717) is 5.13 Å². The summed E-state index contributed by atoms with van der Waals surface area (Å²) >= 11 is 2.84. The lowest BCUT2D eigenvalue weighted by Gasteiger charge is -1.99. The van der Waals surface area contributed by atoms with E-state index < -0.39 is 0 Å². The minimum atomic E-state index is 0.480. The average molecular weight is 260 g/mol. The maximum atomic E-state index is 5.53. The van der Waals surface area contributed by atoms with Gasteiger partial charge in [-0.25, -0.2) is 4.98 Å². The number of fused-ring (bicyclic) bond motifs is 1. The first-order chi connectivity index (χ1) is 8.31. The van der Waals surface area contributed by atoms with Gasteiger partial charge in [-0.05, 0) is 23.9 Å². The van der Waals surface area contributed by atoms with E-state index in [0.717, 1.165) is 20.3 Å². The van der Waals surface area contributed by atoms with Crippen molar-refractivity contribution >= 4 is 39.1 Å². The normalized spacial score (nSPS) is 10.8. The smallest absolute Gasteiger partial charge is 0.203 e. The molecule has 0 aliphatic carbocycles. The van der Waals surface area contributed by atoms with Gasteiger partial charge in [0.1, 0.15) is 5.03 Å². The molecule has 17 heavy (non-hydrogen) atoms. The van der Waals surface area contributed by atoms with Crippen molar-refractivity contribution in [1.82, 2.24) is 15.2 Å². The van der Waals surface area contributed by atoms with Crippen LogP contribution in [0.4, 0.5) is 5.13 Å². The van der Waals surface area contributed by atoms with Gasteiger partial charge in [0.05, 0.1) is 5.52 Å². The van der Waals surface area contributed by atoms with E-state index in [1.165, 1.54) is 23.1 Å². The van der Waals surface area contributed by atoms with Gasteiger partial charge in [-0.3, -0.25) is 0 Å². The van der Waals surface area contributed by atoms with E-state index in [4.69, 9.17) is 5.73 Å². The summed E-state index contributed by atoms with van der Waals surface area (Å²) in [5, 5.41) is 10.2. The zero-order valence-corrected chi connectivity index (χ0v) is 10.3. The maximum absolute atomic E-state index is 5.53. The van der Waals surface area contributed by atoms with Gasteiger partial charge in [0.15, 0.2) is 4.34 Å². The molecule has 0 unspecified atom stereocenters. The monoisotopic (exact) mass is 260 g/mol. The second kappa shape index (κ2) is 4.31. The number of para-hydroxylation sites is 1. The summed E-state index contributed by atoms with van der Waals surface area (Å²) in [7, 11) is 0. The highest BCUT2D eigenvalue weighted by atomic mass is 32.2. The standard InChI is InChI=1S/C11H8N4S2/c12-10-14-15-11(17-10)16-9-6-5-7-3-1-2-4-8(7)13-9/h1-6H,(H2,12,14). The van der Waals surface area contributed by atoms with Crippen LogP contribution in [-0.4, -0.2) is 15.2 Å². The van der Waals surface area contributed by atoms with Gasteiger partial charge in [-0.15, -0.1) is 10.2 Å². The molecule has 2 N–H and O–H groups in total. The van der Waals surface area contributed by atoms with Crippen LogP contribution in [0.3, 0.4) is 0 Å². The zero-order chi connectivity index (χ0) is 11.7. The highest BCUT2D eigenvalue weighted by Crippen LogP contribution is 2.30.